The van der Waals surface area contributed by atoms with Gasteiger partial charge in [-0.2, -0.15) is 4.31 Å². The number of rotatable bonds is 5. The number of carbonyl (C=O) groups excluding carboxylic acids is 2. The number of hydrogen-bond acceptors (Lipinski definition) is 7. The second-order valence-corrected chi connectivity index (χ2v) is 8.60. The van der Waals surface area contributed by atoms with Crippen LogP contribution in [0.1, 0.15) is 26.3 Å². The fraction of sp³-hybridized carbons (Fsp3) is 0.263. The Labute approximate surface area is 178 Å². The van der Waals surface area contributed by atoms with Crippen molar-refractivity contribution in [2.24, 2.45) is 0 Å². The Balaban J connectivity index is 1.72. The second-order valence-electron chi connectivity index (χ2n) is 6.66. The number of nitrogens with zero attached hydrogens (tertiary/aromatic N) is 2. The van der Waals surface area contributed by atoms with Gasteiger partial charge >= 0.3 is 0 Å². The summed E-state index contributed by atoms with van der Waals surface area (Å²) in [7, 11) is -3.79. The highest BCUT2D eigenvalue weighted by atomic mass is 32.2. The molecule has 11 nitrogen and oxygen atoms in total. The molecule has 0 saturated carbocycles. The van der Waals surface area contributed by atoms with Crippen LogP contribution in [0.3, 0.4) is 0 Å². The number of ether oxygens (including phenoxy) is 1. The van der Waals surface area contributed by atoms with Gasteiger partial charge < -0.3 is 4.74 Å². The molecule has 31 heavy (non-hydrogen) atoms. The zero-order valence-corrected chi connectivity index (χ0v) is 17.3. The van der Waals surface area contributed by atoms with Crippen molar-refractivity contribution >= 4 is 27.5 Å². The minimum atomic E-state index is -3.79. The van der Waals surface area contributed by atoms with Crippen LogP contribution in [0.25, 0.3) is 0 Å². The maximum absolute atomic E-state index is 12.8. The summed E-state index contributed by atoms with van der Waals surface area (Å²) >= 11 is 0. The first-order chi connectivity index (χ1) is 14.7. The maximum atomic E-state index is 12.8. The summed E-state index contributed by atoms with van der Waals surface area (Å²) in [6, 6.07) is 9.44. The third kappa shape index (κ3) is 4.87. The summed E-state index contributed by atoms with van der Waals surface area (Å²) in [6.45, 7) is 2.45. The minimum Gasteiger partial charge on any atom is -0.379 e. The van der Waals surface area contributed by atoms with Crippen LogP contribution in [0.15, 0.2) is 47.4 Å². The number of nitro groups is 1. The number of benzene rings is 2. The van der Waals surface area contributed by atoms with Gasteiger partial charge in [0.2, 0.25) is 10.0 Å². The van der Waals surface area contributed by atoms with Crippen LogP contribution in [0.4, 0.5) is 5.69 Å². The number of morpholine rings is 1. The average molecular weight is 448 g/mol. The van der Waals surface area contributed by atoms with Crippen LogP contribution in [-0.2, 0) is 14.8 Å². The lowest BCUT2D eigenvalue weighted by molar-refractivity contribution is -0.385. The van der Waals surface area contributed by atoms with E-state index < -0.39 is 26.8 Å². The molecule has 0 atom stereocenters. The summed E-state index contributed by atoms with van der Waals surface area (Å²) in [6.07, 6.45) is 0. The third-order valence-electron chi connectivity index (χ3n) is 4.74. The molecular formula is C19H20N4O7S. The average Bonchev–Trinajstić information content (AvgIpc) is 2.77. The topological polar surface area (TPSA) is 148 Å². The van der Waals surface area contributed by atoms with Gasteiger partial charge in [-0.05, 0) is 31.2 Å². The van der Waals surface area contributed by atoms with E-state index in [0.717, 1.165) is 0 Å². The molecule has 2 aromatic carbocycles. The molecule has 0 bridgehead atoms. The highest BCUT2D eigenvalue weighted by molar-refractivity contribution is 7.89. The van der Waals surface area contributed by atoms with E-state index in [2.05, 4.69) is 10.9 Å². The summed E-state index contributed by atoms with van der Waals surface area (Å²) in [5, 5.41) is 11.0. The number of hydrazine groups is 1. The van der Waals surface area contributed by atoms with Gasteiger partial charge in [0.05, 0.1) is 28.6 Å². The summed E-state index contributed by atoms with van der Waals surface area (Å²) in [5.74, 6) is -1.48. The monoisotopic (exact) mass is 448 g/mol. The second kappa shape index (κ2) is 9.20. The zero-order valence-electron chi connectivity index (χ0n) is 16.5. The van der Waals surface area contributed by atoms with Gasteiger partial charge in [0.1, 0.15) is 0 Å². The predicted molar refractivity (Wildman–Crippen MR) is 109 cm³/mol. The van der Waals surface area contributed by atoms with Crippen LogP contribution >= 0.6 is 0 Å². The van der Waals surface area contributed by atoms with Gasteiger partial charge in [0, 0.05) is 30.3 Å². The number of nitro benzene ring substituents is 1. The van der Waals surface area contributed by atoms with Crippen molar-refractivity contribution in [2.75, 3.05) is 26.3 Å². The lowest BCUT2D eigenvalue weighted by Crippen LogP contribution is -2.42. The van der Waals surface area contributed by atoms with Crippen molar-refractivity contribution in [1.29, 1.82) is 0 Å². The number of nitrogens with one attached hydrogen (secondary N) is 2. The molecule has 1 saturated heterocycles. The molecular weight excluding hydrogens is 428 g/mol. The van der Waals surface area contributed by atoms with E-state index in [-0.39, 0.29) is 40.4 Å². The zero-order chi connectivity index (χ0) is 22.6. The lowest BCUT2D eigenvalue weighted by Gasteiger charge is -2.26. The molecule has 0 aliphatic carbocycles. The predicted octanol–water partition coefficient (Wildman–Crippen LogP) is 0.999. The minimum absolute atomic E-state index is 0.0189. The number of amides is 2. The molecule has 1 fully saturated rings. The van der Waals surface area contributed by atoms with Gasteiger partial charge in [-0.15, -0.1) is 0 Å². The first kappa shape index (κ1) is 22.3. The van der Waals surface area contributed by atoms with Gasteiger partial charge in [0.25, 0.3) is 17.5 Å². The molecule has 0 spiro atoms. The van der Waals surface area contributed by atoms with Crippen LogP contribution in [0, 0.1) is 17.0 Å². The normalized spacial score (nSPS) is 14.6. The first-order valence-corrected chi connectivity index (χ1v) is 10.7. The Morgan fingerprint density at radius 3 is 2.39 bits per heavy atom. The van der Waals surface area contributed by atoms with Gasteiger partial charge in [-0.25, -0.2) is 8.42 Å². The highest BCUT2D eigenvalue weighted by Gasteiger charge is 2.27. The number of carbonyl (C=O) groups is 2. The van der Waals surface area contributed by atoms with E-state index in [4.69, 9.17) is 4.74 Å². The van der Waals surface area contributed by atoms with Gasteiger partial charge in [-0.1, -0.05) is 12.1 Å². The molecule has 12 heteroatoms. The van der Waals surface area contributed by atoms with Crippen molar-refractivity contribution in [2.45, 2.75) is 11.8 Å². The molecule has 3 rings (SSSR count). The quantitative estimate of drug-likeness (QED) is 0.512. The molecule has 0 unspecified atom stereocenters. The van der Waals surface area contributed by atoms with Gasteiger partial charge in [-0.3, -0.25) is 30.6 Å². The van der Waals surface area contributed by atoms with Crippen LogP contribution in [-0.4, -0.2) is 55.8 Å². The van der Waals surface area contributed by atoms with Crippen molar-refractivity contribution in [3.63, 3.8) is 0 Å². The third-order valence-corrected chi connectivity index (χ3v) is 6.63. The smallest absolute Gasteiger partial charge is 0.273 e. The molecule has 0 aromatic heterocycles. The standard InChI is InChI=1S/C19H20N4O7S/c1-13-16(6-3-7-17(13)23(26)27)19(25)21-20-18(24)14-4-2-5-15(12-14)31(28,29)22-8-10-30-11-9-22/h2-7,12H,8-11H2,1H3,(H,20,24)(H,21,25). The molecule has 1 heterocycles. The van der Waals surface area contributed by atoms with Gasteiger partial charge in [0.15, 0.2) is 0 Å². The van der Waals surface area contributed by atoms with E-state index in [1.165, 1.54) is 53.7 Å². The fourth-order valence-electron chi connectivity index (χ4n) is 3.05. The maximum Gasteiger partial charge on any atom is 0.273 e. The molecule has 1 aliphatic rings. The fourth-order valence-corrected chi connectivity index (χ4v) is 4.51. The Bertz CT molecular complexity index is 1130. The highest BCUT2D eigenvalue weighted by Crippen LogP contribution is 2.21. The molecule has 2 N–H and O–H groups in total. The van der Waals surface area contributed by atoms with E-state index in [0.29, 0.717) is 13.2 Å². The van der Waals surface area contributed by atoms with Crippen LogP contribution < -0.4 is 10.9 Å². The first-order valence-electron chi connectivity index (χ1n) is 9.24. The molecule has 0 radical (unpaired) electrons. The Morgan fingerprint density at radius 2 is 1.71 bits per heavy atom. The molecule has 1 aliphatic heterocycles. The van der Waals surface area contributed by atoms with Crippen molar-refractivity contribution < 1.29 is 27.7 Å². The van der Waals surface area contributed by atoms with Crippen molar-refractivity contribution in [3.05, 3.63) is 69.3 Å². The number of hydrogen-bond donors (Lipinski definition) is 2. The Hall–Kier alpha value is -3.35. The van der Waals surface area contributed by atoms with Crippen LogP contribution in [0.2, 0.25) is 0 Å². The van der Waals surface area contributed by atoms with Crippen LogP contribution in [0.5, 0.6) is 0 Å². The van der Waals surface area contributed by atoms with E-state index in [9.17, 15) is 28.1 Å². The summed E-state index contributed by atoms with van der Waals surface area (Å²) in [5.41, 5.74) is 4.36. The van der Waals surface area contributed by atoms with E-state index in [1.54, 1.807) is 0 Å². The summed E-state index contributed by atoms with van der Waals surface area (Å²) in [4.78, 5) is 35.1. The molecule has 164 valence electrons. The molecule has 2 aromatic rings. The largest absolute Gasteiger partial charge is 0.379 e. The van der Waals surface area contributed by atoms with E-state index >= 15 is 0 Å². The molecule has 2 amide bonds. The summed E-state index contributed by atoms with van der Waals surface area (Å²) < 4.78 is 31.9. The number of sulfonamides is 1. The van der Waals surface area contributed by atoms with Crippen molar-refractivity contribution in [3.8, 4) is 0 Å². The van der Waals surface area contributed by atoms with E-state index in [1.807, 2.05) is 0 Å². The Morgan fingerprint density at radius 1 is 1.06 bits per heavy atom. The Kier molecular flexibility index (Phi) is 6.63. The SMILES string of the molecule is Cc1c(C(=O)NNC(=O)c2cccc(S(=O)(=O)N3CCOCC3)c2)cccc1[N+](=O)[O-]. The lowest BCUT2D eigenvalue weighted by atomic mass is 10.1. The van der Waals surface area contributed by atoms with Crippen molar-refractivity contribution in [1.82, 2.24) is 15.2 Å².